The van der Waals surface area contributed by atoms with Crippen molar-refractivity contribution < 1.29 is 19.0 Å². The Hall–Kier alpha value is -1.09. The monoisotopic (exact) mass is 228 g/mol. The van der Waals surface area contributed by atoms with E-state index in [1.807, 2.05) is 0 Å². The second-order valence-corrected chi connectivity index (χ2v) is 3.29. The first-order valence-corrected chi connectivity index (χ1v) is 5.39. The summed E-state index contributed by atoms with van der Waals surface area (Å²) >= 11 is 0. The van der Waals surface area contributed by atoms with Gasteiger partial charge in [0.15, 0.2) is 5.94 Å². The second kappa shape index (κ2) is 10.4. The largest absolute Gasteiger partial charge is 0.475 e. The van der Waals surface area contributed by atoms with Crippen molar-refractivity contribution in [1.82, 2.24) is 0 Å². The Morgan fingerprint density at radius 3 is 2.75 bits per heavy atom. The molecule has 0 saturated heterocycles. The molecule has 92 valence electrons. The molecule has 0 aromatic rings. The maximum atomic E-state index is 10.4. The maximum absolute atomic E-state index is 10.4. The van der Waals surface area contributed by atoms with Gasteiger partial charge in [0, 0.05) is 13.7 Å². The fraction of sp³-hybridized carbons (Fsp3) is 0.667. The number of methoxy groups -OCH3 is 1. The van der Waals surface area contributed by atoms with Gasteiger partial charge in [0.05, 0.1) is 13.2 Å². The number of ether oxygens (including phenoxy) is 3. The van der Waals surface area contributed by atoms with Crippen LogP contribution >= 0.6 is 0 Å². The summed E-state index contributed by atoms with van der Waals surface area (Å²) in [7, 11) is 1.57. The van der Waals surface area contributed by atoms with E-state index in [0.29, 0.717) is 19.8 Å². The Morgan fingerprint density at radius 1 is 1.50 bits per heavy atom. The smallest absolute Gasteiger partial charge is 0.203 e. The molecule has 4 nitrogen and oxygen atoms in total. The summed E-state index contributed by atoms with van der Waals surface area (Å²) in [6, 6.07) is 0. The van der Waals surface area contributed by atoms with Gasteiger partial charge in [0.25, 0.3) is 0 Å². The van der Waals surface area contributed by atoms with Crippen molar-refractivity contribution in [3.8, 4) is 0 Å². The van der Waals surface area contributed by atoms with Crippen LogP contribution in [0.25, 0.3) is 0 Å². The van der Waals surface area contributed by atoms with Gasteiger partial charge in [-0.1, -0.05) is 19.9 Å². The quantitative estimate of drug-likeness (QED) is 0.247. The Labute approximate surface area is 96.9 Å². The molecule has 0 fully saturated rings. The van der Waals surface area contributed by atoms with Gasteiger partial charge in [-0.25, -0.2) is 4.79 Å². The molecule has 0 bridgehead atoms. The van der Waals surface area contributed by atoms with Crippen LogP contribution in [0.1, 0.15) is 19.8 Å². The van der Waals surface area contributed by atoms with Gasteiger partial charge in [-0.3, -0.25) is 0 Å². The highest BCUT2D eigenvalue weighted by molar-refractivity contribution is 5.53. The number of carbonyl (C=O) groups excluding carboxylic acids is 1. The van der Waals surface area contributed by atoms with Crippen LogP contribution in [0.5, 0.6) is 0 Å². The molecule has 0 aliphatic carbocycles. The lowest BCUT2D eigenvalue weighted by atomic mass is 10.3. The van der Waals surface area contributed by atoms with E-state index in [1.54, 1.807) is 13.1 Å². The van der Waals surface area contributed by atoms with E-state index >= 15 is 0 Å². The van der Waals surface area contributed by atoms with Crippen molar-refractivity contribution in [2.45, 2.75) is 25.9 Å². The lowest BCUT2D eigenvalue weighted by molar-refractivity contribution is -0.0203. The molecule has 0 rings (SSSR count). The van der Waals surface area contributed by atoms with Crippen LogP contribution in [0, 0.1) is 0 Å². The van der Waals surface area contributed by atoms with Crippen molar-refractivity contribution >= 4 is 5.94 Å². The average Bonchev–Trinajstić information content (AvgIpc) is 2.31. The Bertz CT molecular complexity index is 231. The number of allylic oxidation sites excluding steroid dienone is 1. The molecule has 0 amide bonds. The van der Waals surface area contributed by atoms with Gasteiger partial charge >= 0.3 is 0 Å². The van der Waals surface area contributed by atoms with E-state index in [2.05, 4.69) is 13.5 Å². The van der Waals surface area contributed by atoms with Crippen LogP contribution in [0.2, 0.25) is 0 Å². The van der Waals surface area contributed by atoms with Gasteiger partial charge in [0.2, 0.25) is 5.76 Å². The predicted molar refractivity (Wildman–Crippen MR) is 61.9 cm³/mol. The molecular formula is C12H20O4. The zero-order valence-corrected chi connectivity index (χ0v) is 10.0. The number of rotatable bonds is 10. The number of hydrogen-bond donors (Lipinski definition) is 0. The Kier molecular flexibility index (Phi) is 9.72. The van der Waals surface area contributed by atoms with E-state index in [0.717, 1.165) is 12.8 Å². The van der Waals surface area contributed by atoms with E-state index in [1.165, 1.54) is 6.08 Å². The molecule has 0 aliphatic rings. The van der Waals surface area contributed by atoms with Crippen LogP contribution in [-0.4, -0.2) is 39.0 Å². The standard InChI is InChI=1S/C12H20O4/c1-4-6-7-15-10-12(9-14-3)16-11(5-2)8-13/h5,12H,2,4,6-7,9-10H2,1,3H3. The molecule has 0 saturated carbocycles. The zero-order chi connectivity index (χ0) is 12.2. The third kappa shape index (κ3) is 7.23. The molecule has 0 aliphatic heterocycles. The van der Waals surface area contributed by atoms with Crippen LogP contribution in [0.3, 0.4) is 0 Å². The SMILES string of the molecule is C=CC(=C=O)OC(COC)COCCCC. The summed E-state index contributed by atoms with van der Waals surface area (Å²) in [4.78, 5) is 10.4. The van der Waals surface area contributed by atoms with E-state index < -0.39 is 0 Å². The average molecular weight is 228 g/mol. The van der Waals surface area contributed by atoms with Crippen molar-refractivity contribution in [3.63, 3.8) is 0 Å². The van der Waals surface area contributed by atoms with E-state index in [4.69, 9.17) is 14.2 Å². The third-order valence-electron chi connectivity index (χ3n) is 1.88. The van der Waals surface area contributed by atoms with Gasteiger partial charge in [-0.05, 0) is 12.5 Å². The van der Waals surface area contributed by atoms with E-state index in [-0.39, 0.29) is 11.9 Å². The Morgan fingerprint density at radius 2 is 2.25 bits per heavy atom. The first kappa shape index (κ1) is 14.9. The highest BCUT2D eigenvalue weighted by Crippen LogP contribution is 2.03. The molecular weight excluding hydrogens is 208 g/mol. The number of hydrogen-bond acceptors (Lipinski definition) is 4. The minimum Gasteiger partial charge on any atom is -0.475 e. The first-order valence-electron chi connectivity index (χ1n) is 5.39. The van der Waals surface area contributed by atoms with Crippen molar-refractivity contribution in [3.05, 3.63) is 18.4 Å². The minimum absolute atomic E-state index is 0.0844. The normalized spacial score (nSPS) is 11.6. The molecule has 1 unspecified atom stereocenters. The van der Waals surface area contributed by atoms with Gasteiger partial charge in [0.1, 0.15) is 6.10 Å². The van der Waals surface area contributed by atoms with Crippen LogP contribution in [-0.2, 0) is 19.0 Å². The van der Waals surface area contributed by atoms with Crippen molar-refractivity contribution in [2.75, 3.05) is 26.9 Å². The highest BCUT2D eigenvalue weighted by Gasteiger charge is 2.11. The topological polar surface area (TPSA) is 44.8 Å². The predicted octanol–water partition coefficient (Wildman–Crippen LogP) is 1.74. The fourth-order valence-electron chi connectivity index (χ4n) is 1.06. The van der Waals surface area contributed by atoms with E-state index in [9.17, 15) is 4.79 Å². The molecule has 16 heavy (non-hydrogen) atoms. The molecule has 0 radical (unpaired) electrons. The molecule has 0 heterocycles. The first-order chi connectivity index (χ1) is 7.78. The lowest BCUT2D eigenvalue weighted by Crippen LogP contribution is -2.25. The summed E-state index contributed by atoms with van der Waals surface area (Å²) in [6.45, 7) is 6.99. The van der Waals surface area contributed by atoms with Gasteiger partial charge in [-0.15, -0.1) is 0 Å². The maximum Gasteiger partial charge on any atom is 0.203 e. The molecule has 0 N–H and O–H groups in total. The summed E-state index contributed by atoms with van der Waals surface area (Å²) < 4.78 is 15.7. The summed E-state index contributed by atoms with van der Waals surface area (Å²) in [5.41, 5.74) is 0. The molecule has 0 aromatic heterocycles. The zero-order valence-electron chi connectivity index (χ0n) is 10.0. The molecule has 4 heteroatoms. The molecule has 0 aromatic carbocycles. The molecule has 1 atom stereocenters. The van der Waals surface area contributed by atoms with Crippen molar-refractivity contribution in [1.29, 1.82) is 0 Å². The summed E-state index contributed by atoms with van der Waals surface area (Å²) in [6.07, 6.45) is 3.12. The highest BCUT2D eigenvalue weighted by atomic mass is 16.6. The van der Waals surface area contributed by atoms with Crippen molar-refractivity contribution in [2.24, 2.45) is 0 Å². The number of unbranched alkanes of at least 4 members (excludes halogenated alkanes) is 1. The fourth-order valence-corrected chi connectivity index (χ4v) is 1.06. The molecule has 0 spiro atoms. The van der Waals surface area contributed by atoms with Crippen LogP contribution in [0.15, 0.2) is 18.4 Å². The lowest BCUT2D eigenvalue weighted by Gasteiger charge is -2.17. The summed E-state index contributed by atoms with van der Waals surface area (Å²) in [5.74, 6) is 1.74. The van der Waals surface area contributed by atoms with Gasteiger partial charge in [-0.2, -0.15) is 0 Å². The van der Waals surface area contributed by atoms with Gasteiger partial charge < -0.3 is 14.2 Å². The second-order valence-electron chi connectivity index (χ2n) is 3.29. The Balaban J connectivity index is 3.96. The third-order valence-corrected chi connectivity index (χ3v) is 1.88. The summed E-state index contributed by atoms with van der Waals surface area (Å²) in [5, 5.41) is 0. The minimum atomic E-state index is -0.295. The van der Waals surface area contributed by atoms with Crippen LogP contribution in [0.4, 0.5) is 0 Å². The van der Waals surface area contributed by atoms with Crippen LogP contribution < -0.4 is 0 Å².